The highest BCUT2D eigenvalue weighted by Crippen LogP contribution is 2.27. The Balaban J connectivity index is 0.000000189. The Labute approximate surface area is 380 Å². The molecule has 0 amide bonds. The average Bonchev–Trinajstić information content (AvgIpc) is 3.28. The zero-order chi connectivity index (χ0) is 44.8. The first kappa shape index (κ1) is 44.7. The SMILES string of the molecule is C=Cc1ccc(-c2cc(C)c([B]c3c(C)cc(-c4ccccc4)cc3C)c(C)c2)cc1.Cc1cc(-c2ccccc2)cc(C)c1[B]c1c(C)cc(-c2ccc(C(C)C)cc2)cc1C. The normalized spacial score (nSPS) is 10.9. The highest BCUT2D eigenvalue weighted by atomic mass is 14.1. The van der Waals surface area contributed by atoms with Gasteiger partial charge in [0.25, 0.3) is 0 Å². The van der Waals surface area contributed by atoms with Crippen molar-refractivity contribution in [1.29, 1.82) is 0 Å². The summed E-state index contributed by atoms with van der Waals surface area (Å²) in [6, 6.07) is 57.3. The van der Waals surface area contributed by atoms with Crippen LogP contribution in [0.5, 0.6) is 0 Å². The molecule has 0 saturated carbocycles. The summed E-state index contributed by atoms with van der Waals surface area (Å²) in [5, 5.41) is 0. The minimum atomic E-state index is 0.559. The molecule has 310 valence electrons. The summed E-state index contributed by atoms with van der Waals surface area (Å²) >= 11 is 0. The van der Waals surface area contributed by atoms with E-state index in [1.54, 1.807) is 0 Å². The summed E-state index contributed by atoms with van der Waals surface area (Å²) in [5.41, 5.74) is 28.5. The second-order valence-electron chi connectivity index (χ2n) is 17.7. The monoisotopic (exact) mass is 814 g/mol. The van der Waals surface area contributed by atoms with E-state index in [1.165, 1.54) is 116 Å². The van der Waals surface area contributed by atoms with Gasteiger partial charge in [0, 0.05) is 0 Å². The van der Waals surface area contributed by atoms with Crippen LogP contribution >= 0.6 is 0 Å². The lowest BCUT2D eigenvalue weighted by molar-refractivity contribution is 0.867. The van der Waals surface area contributed by atoms with E-state index < -0.39 is 0 Å². The second kappa shape index (κ2) is 19.8. The molecular weight excluding hydrogens is 754 g/mol. The fourth-order valence-electron chi connectivity index (χ4n) is 8.90. The van der Waals surface area contributed by atoms with Gasteiger partial charge < -0.3 is 0 Å². The number of aryl methyl sites for hydroxylation is 8. The van der Waals surface area contributed by atoms with E-state index in [9.17, 15) is 0 Å². The van der Waals surface area contributed by atoms with Crippen molar-refractivity contribution in [1.82, 2.24) is 0 Å². The number of hydrogen-bond donors (Lipinski definition) is 0. The lowest BCUT2D eigenvalue weighted by Crippen LogP contribution is -2.34. The molecule has 0 aromatic heterocycles. The zero-order valence-corrected chi connectivity index (χ0v) is 39.0. The maximum Gasteiger partial charge on any atom is 0.192 e. The molecule has 8 rings (SSSR count). The number of rotatable bonds is 10. The summed E-state index contributed by atoms with van der Waals surface area (Å²) in [6.07, 6.45) is 1.88. The molecule has 0 N–H and O–H groups in total. The minimum Gasteiger partial charge on any atom is -0.0985 e. The molecule has 0 nitrogen and oxygen atoms in total. The molecule has 63 heavy (non-hydrogen) atoms. The molecule has 0 atom stereocenters. The van der Waals surface area contributed by atoms with Crippen molar-refractivity contribution in [2.45, 2.75) is 75.2 Å². The smallest absolute Gasteiger partial charge is 0.0985 e. The third-order valence-electron chi connectivity index (χ3n) is 12.6. The lowest BCUT2D eigenvalue weighted by atomic mass is 9.58. The van der Waals surface area contributed by atoms with Crippen LogP contribution in [0.3, 0.4) is 0 Å². The van der Waals surface area contributed by atoms with E-state index in [-0.39, 0.29) is 0 Å². The van der Waals surface area contributed by atoms with Crippen LogP contribution in [0.25, 0.3) is 50.6 Å². The molecule has 2 heteroatoms. The Kier molecular flexibility index (Phi) is 14.0. The van der Waals surface area contributed by atoms with Gasteiger partial charge in [0.15, 0.2) is 14.6 Å². The molecular formula is C61H60B2. The van der Waals surface area contributed by atoms with Crippen LogP contribution in [-0.4, -0.2) is 14.6 Å². The van der Waals surface area contributed by atoms with E-state index >= 15 is 0 Å². The highest BCUT2D eigenvalue weighted by Gasteiger charge is 2.16. The summed E-state index contributed by atoms with van der Waals surface area (Å²) in [5.74, 6) is 0.559. The topological polar surface area (TPSA) is 0 Å². The first-order valence-corrected chi connectivity index (χ1v) is 22.4. The van der Waals surface area contributed by atoms with Crippen LogP contribution in [0.1, 0.15) is 75.4 Å². The fourth-order valence-corrected chi connectivity index (χ4v) is 8.90. The molecule has 0 unspecified atom stereocenters. The molecule has 8 aromatic rings. The van der Waals surface area contributed by atoms with Gasteiger partial charge in [0.1, 0.15) is 0 Å². The van der Waals surface area contributed by atoms with Crippen LogP contribution in [-0.2, 0) is 0 Å². The minimum absolute atomic E-state index is 0.559. The van der Waals surface area contributed by atoms with Gasteiger partial charge in [-0.15, -0.1) is 0 Å². The summed E-state index contributed by atoms with van der Waals surface area (Å²) in [4.78, 5) is 0. The third kappa shape index (κ3) is 10.5. The van der Waals surface area contributed by atoms with Crippen LogP contribution in [0, 0.1) is 55.4 Å². The predicted octanol–water partition coefficient (Wildman–Crippen LogP) is 13.6. The Hall–Kier alpha value is -6.37. The van der Waals surface area contributed by atoms with Crippen molar-refractivity contribution < 1.29 is 0 Å². The first-order chi connectivity index (χ1) is 30.3. The molecule has 0 heterocycles. The van der Waals surface area contributed by atoms with E-state index in [1.807, 2.05) is 6.08 Å². The highest BCUT2D eigenvalue weighted by molar-refractivity contribution is 6.69. The Morgan fingerprint density at radius 2 is 0.587 bits per heavy atom. The standard InChI is InChI=1S/C31H32B.C30H28B/c1-20(2)25-12-14-27(15-13-25)29-18-23(5)31(24(6)19-29)32-30-21(3)16-28(17-22(30)4)26-10-8-7-9-11-26;1-6-24-12-14-26(15-13-24)28-18-22(4)30(23(5)19-28)31-29-20(2)16-27(17-21(29)3)25-10-8-7-9-11-25/h7-20H,1-6H3;6-19H,1H2,2-5H3. The maximum atomic E-state index is 3.85. The van der Waals surface area contributed by atoms with Crippen molar-refractivity contribution in [2.24, 2.45) is 0 Å². The molecule has 2 radical (unpaired) electrons. The second-order valence-corrected chi connectivity index (χ2v) is 17.7. The Morgan fingerprint density at radius 1 is 0.333 bits per heavy atom. The van der Waals surface area contributed by atoms with Crippen LogP contribution < -0.4 is 21.9 Å². The van der Waals surface area contributed by atoms with E-state index in [4.69, 9.17) is 0 Å². The van der Waals surface area contributed by atoms with E-state index in [0.29, 0.717) is 5.92 Å². The molecule has 0 aliphatic carbocycles. The molecule has 0 saturated heterocycles. The van der Waals surface area contributed by atoms with Gasteiger partial charge in [-0.2, -0.15) is 0 Å². The average molecular weight is 815 g/mol. The molecule has 0 spiro atoms. The fraction of sp³-hybridized carbons (Fsp3) is 0.180. The molecule has 0 aliphatic heterocycles. The summed E-state index contributed by atoms with van der Waals surface area (Å²) in [6.45, 7) is 26.1. The number of benzene rings is 8. The molecule has 0 fully saturated rings. The van der Waals surface area contributed by atoms with Crippen molar-refractivity contribution in [3.05, 3.63) is 220 Å². The first-order valence-electron chi connectivity index (χ1n) is 22.4. The Morgan fingerprint density at radius 3 is 0.841 bits per heavy atom. The van der Waals surface area contributed by atoms with Crippen LogP contribution in [0.15, 0.2) is 164 Å². The van der Waals surface area contributed by atoms with Gasteiger partial charge >= 0.3 is 0 Å². The zero-order valence-electron chi connectivity index (χ0n) is 39.0. The van der Waals surface area contributed by atoms with Gasteiger partial charge in [-0.3, -0.25) is 0 Å². The van der Waals surface area contributed by atoms with Crippen molar-refractivity contribution >= 4 is 42.5 Å². The van der Waals surface area contributed by atoms with Gasteiger partial charge in [-0.1, -0.05) is 251 Å². The van der Waals surface area contributed by atoms with Crippen molar-refractivity contribution in [3.8, 4) is 44.5 Å². The summed E-state index contributed by atoms with van der Waals surface area (Å²) < 4.78 is 0. The van der Waals surface area contributed by atoms with Crippen LogP contribution in [0.2, 0.25) is 0 Å². The van der Waals surface area contributed by atoms with E-state index in [2.05, 4.69) is 248 Å². The van der Waals surface area contributed by atoms with Crippen molar-refractivity contribution in [3.63, 3.8) is 0 Å². The van der Waals surface area contributed by atoms with E-state index in [0.717, 1.165) is 5.56 Å². The van der Waals surface area contributed by atoms with Gasteiger partial charge in [-0.05, 0) is 117 Å². The maximum absolute atomic E-state index is 3.85. The van der Waals surface area contributed by atoms with Crippen LogP contribution in [0.4, 0.5) is 0 Å². The third-order valence-corrected chi connectivity index (χ3v) is 12.6. The van der Waals surface area contributed by atoms with Gasteiger partial charge in [0.05, 0.1) is 0 Å². The molecule has 8 aromatic carbocycles. The number of hydrogen-bond acceptors (Lipinski definition) is 0. The van der Waals surface area contributed by atoms with Crippen molar-refractivity contribution in [2.75, 3.05) is 0 Å². The quantitative estimate of drug-likeness (QED) is 0.121. The molecule has 0 aliphatic rings. The van der Waals surface area contributed by atoms with Gasteiger partial charge in [-0.25, -0.2) is 0 Å². The molecule has 0 bridgehead atoms. The summed E-state index contributed by atoms with van der Waals surface area (Å²) in [7, 11) is 4.73. The van der Waals surface area contributed by atoms with Gasteiger partial charge in [0.2, 0.25) is 0 Å². The predicted molar refractivity (Wildman–Crippen MR) is 280 cm³/mol. The Bertz CT molecular complexity index is 2770. The lowest BCUT2D eigenvalue weighted by Gasteiger charge is -2.17. The largest absolute Gasteiger partial charge is 0.192 e.